The third-order valence-electron chi connectivity index (χ3n) is 1.62. The highest BCUT2D eigenvalue weighted by Crippen LogP contribution is 2.11. The van der Waals surface area contributed by atoms with Gasteiger partial charge in [-0.2, -0.15) is 0 Å². The first kappa shape index (κ1) is 14.6. The first-order valence-electron chi connectivity index (χ1n) is 4.62. The summed E-state index contributed by atoms with van der Waals surface area (Å²) in [6, 6.07) is 10.5. The van der Waals surface area contributed by atoms with Crippen LogP contribution in [0, 0.1) is 20.2 Å². The van der Waals surface area contributed by atoms with E-state index in [-0.39, 0.29) is 0 Å². The summed E-state index contributed by atoms with van der Waals surface area (Å²) >= 11 is 0. The van der Waals surface area contributed by atoms with Crippen molar-refractivity contribution in [2.24, 2.45) is 0 Å². The summed E-state index contributed by atoms with van der Waals surface area (Å²) in [5, 5.41) is 15.2. The first-order chi connectivity index (χ1) is 7.93. The van der Waals surface area contributed by atoms with Gasteiger partial charge in [-0.15, -0.1) is 30.2 Å². The van der Waals surface area contributed by atoms with Gasteiger partial charge in [-0.1, -0.05) is 44.2 Å². The van der Waals surface area contributed by atoms with Crippen LogP contribution in [0.1, 0.15) is 25.3 Å². The fourth-order valence-corrected chi connectivity index (χ4v) is 0.892. The Balaban J connectivity index is 0.000000304. The van der Waals surface area contributed by atoms with E-state index in [4.69, 9.17) is 20.2 Å². The molecule has 0 atom stereocenters. The minimum atomic E-state index is -1.44. The van der Waals surface area contributed by atoms with Gasteiger partial charge in [-0.3, -0.25) is 0 Å². The van der Waals surface area contributed by atoms with Crippen LogP contribution in [-0.2, 0) is 9.98 Å². The molecule has 0 aliphatic heterocycles. The monoisotopic (exact) mass is 244 g/mol. The van der Waals surface area contributed by atoms with E-state index in [2.05, 4.69) is 48.1 Å². The van der Waals surface area contributed by atoms with E-state index in [1.807, 2.05) is 6.07 Å². The smallest absolute Gasteiger partial charge is 0.107 e. The molecule has 0 aromatic heterocycles. The van der Waals surface area contributed by atoms with Crippen LogP contribution in [0.25, 0.3) is 0 Å². The van der Waals surface area contributed by atoms with Gasteiger partial charge in [0.2, 0.25) is 0 Å². The second kappa shape index (κ2) is 7.85. The van der Waals surface area contributed by atoms with Crippen LogP contribution in [0.5, 0.6) is 0 Å². The van der Waals surface area contributed by atoms with Crippen LogP contribution < -0.4 is 0 Å². The summed E-state index contributed by atoms with van der Waals surface area (Å²) in [5.74, 6) is 0.659. The molecule has 1 aromatic rings. The van der Waals surface area contributed by atoms with E-state index < -0.39 is 10.2 Å². The van der Waals surface area contributed by atoms with E-state index in [9.17, 15) is 0 Å². The molecule has 0 spiro atoms. The van der Waals surface area contributed by atoms with Crippen molar-refractivity contribution >= 4 is 0 Å². The molecule has 0 unspecified atom stereocenters. The zero-order chi connectivity index (χ0) is 13.3. The summed E-state index contributed by atoms with van der Waals surface area (Å²) in [7, 11) is 0. The summed E-state index contributed by atoms with van der Waals surface area (Å²) in [6.45, 7) is 4.41. The van der Waals surface area contributed by atoms with Crippen molar-refractivity contribution in [3.8, 4) is 0 Å². The molecule has 0 aliphatic rings. The number of rotatable bonds is 4. The Morgan fingerprint density at radius 3 is 1.65 bits per heavy atom. The van der Waals surface area contributed by atoms with Crippen LogP contribution in [0.2, 0.25) is 0 Å². The lowest BCUT2D eigenvalue weighted by Crippen LogP contribution is -2.06. The molecular weight excluding hydrogens is 232 g/mol. The third kappa shape index (κ3) is 8.60. The highest BCUT2D eigenvalue weighted by molar-refractivity contribution is 5.17. The topological polar surface area (TPSA) is 105 Å². The van der Waals surface area contributed by atoms with Gasteiger partial charge in [0, 0.05) is 0 Å². The lowest BCUT2D eigenvalue weighted by atomic mass is 10.0. The molecule has 0 N–H and O–H groups in total. The van der Waals surface area contributed by atoms with Gasteiger partial charge in [0.05, 0.1) is 0 Å². The predicted octanol–water partition coefficient (Wildman–Crippen LogP) is 2.13. The van der Waals surface area contributed by atoms with Gasteiger partial charge >= 0.3 is 10.2 Å². The molecule has 0 saturated heterocycles. The van der Waals surface area contributed by atoms with Crippen LogP contribution in [-0.4, -0.2) is 10.2 Å². The molecule has 8 heteroatoms. The van der Waals surface area contributed by atoms with E-state index >= 15 is 0 Å². The molecule has 0 amide bonds. The zero-order valence-electron chi connectivity index (χ0n) is 9.31. The normalized spacial score (nSPS) is 8.88. The van der Waals surface area contributed by atoms with Gasteiger partial charge in [-0.05, 0) is 11.5 Å². The average molecular weight is 244 g/mol. The second-order valence-corrected chi connectivity index (χ2v) is 3.16. The minimum absolute atomic E-state index is 0.659. The molecule has 0 fully saturated rings. The molecule has 0 bridgehead atoms. The van der Waals surface area contributed by atoms with Crippen LogP contribution in [0.4, 0.5) is 0 Å². The standard InChI is InChI=1S/C9H12.N2O6/c1-8(2)9-6-4-3-5-7-9;3-1(4)7-8-2(5)6/h3-8H,1-2H3;. The Hall–Kier alpha value is -2.38. The maximum Gasteiger partial charge on any atom is 0.322 e. The third-order valence-corrected chi connectivity index (χ3v) is 1.62. The molecule has 0 radical (unpaired) electrons. The van der Waals surface area contributed by atoms with Crippen molar-refractivity contribution in [2.75, 3.05) is 0 Å². The largest absolute Gasteiger partial charge is 0.322 e. The lowest BCUT2D eigenvalue weighted by molar-refractivity contribution is -1.00. The number of hydrogen-bond acceptors (Lipinski definition) is 6. The minimum Gasteiger partial charge on any atom is -0.107 e. The van der Waals surface area contributed by atoms with Crippen LogP contribution >= 0.6 is 0 Å². The Morgan fingerprint density at radius 1 is 1.00 bits per heavy atom. The number of benzene rings is 1. The van der Waals surface area contributed by atoms with Gasteiger partial charge in [0.1, 0.15) is 0 Å². The predicted molar refractivity (Wildman–Crippen MR) is 56.7 cm³/mol. The van der Waals surface area contributed by atoms with E-state index in [1.165, 1.54) is 5.56 Å². The summed E-state index contributed by atoms with van der Waals surface area (Å²) < 4.78 is 0. The van der Waals surface area contributed by atoms with Crippen molar-refractivity contribution in [3.05, 3.63) is 56.1 Å². The Kier molecular flexibility index (Phi) is 6.75. The molecule has 17 heavy (non-hydrogen) atoms. The first-order valence-corrected chi connectivity index (χ1v) is 4.62. The van der Waals surface area contributed by atoms with Crippen molar-refractivity contribution < 1.29 is 20.1 Å². The second-order valence-electron chi connectivity index (χ2n) is 3.16. The zero-order valence-corrected chi connectivity index (χ0v) is 9.31. The lowest BCUT2D eigenvalue weighted by Gasteiger charge is -2.01. The summed E-state index contributed by atoms with van der Waals surface area (Å²) in [5.41, 5.74) is 1.41. The quantitative estimate of drug-likeness (QED) is 0.456. The molecule has 0 heterocycles. The molecule has 0 aliphatic carbocycles. The van der Waals surface area contributed by atoms with Gasteiger partial charge in [0.25, 0.3) is 0 Å². The molecule has 94 valence electrons. The van der Waals surface area contributed by atoms with E-state index in [0.717, 1.165) is 0 Å². The van der Waals surface area contributed by atoms with Gasteiger partial charge < -0.3 is 0 Å². The maximum atomic E-state index is 9.06. The molecule has 8 nitrogen and oxygen atoms in total. The van der Waals surface area contributed by atoms with Crippen molar-refractivity contribution in [2.45, 2.75) is 19.8 Å². The van der Waals surface area contributed by atoms with E-state index in [1.54, 1.807) is 0 Å². The Morgan fingerprint density at radius 2 is 1.41 bits per heavy atom. The highest BCUT2D eigenvalue weighted by Gasteiger charge is 1.98. The molecule has 1 rings (SSSR count). The SMILES string of the molecule is CC(C)c1ccccc1.O=[N+]([O-])OO[N+](=O)[O-]. The highest BCUT2D eigenvalue weighted by atomic mass is 17.4. The van der Waals surface area contributed by atoms with Crippen LogP contribution in [0.15, 0.2) is 30.3 Å². The summed E-state index contributed by atoms with van der Waals surface area (Å²) in [4.78, 5) is 23.8. The Bertz CT molecular complexity index is 340. The molecule has 0 saturated carbocycles. The summed E-state index contributed by atoms with van der Waals surface area (Å²) in [6.07, 6.45) is 0. The Labute approximate surface area is 96.9 Å². The van der Waals surface area contributed by atoms with Crippen molar-refractivity contribution in [3.63, 3.8) is 0 Å². The van der Waals surface area contributed by atoms with Gasteiger partial charge in [0.15, 0.2) is 0 Å². The fourth-order valence-electron chi connectivity index (χ4n) is 0.892. The van der Waals surface area contributed by atoms with Gasteiger partial charge in [-0.25, -0.2) is 0 Å². The van der Waals surface area contributed by atoms with Crippen molar-refractivity contribution in [1.82, 2.24) is 0 Å². The van der Waals surface area contributed by atoms with Crippen LogP contribution in [0.3, 0.4) is 0 Å². The van der Waals surface area contributed by atoms with Crippen molar-refractivity contribution in [1.29, 1.82) is 0 Å². The maximum absolute atomic E-state index is 9.06. The number of hydrogen-bond donors (Lipinski definition) is 0. The average Bonchev–Trinajstić information content (AvgIpc) is 2.28. The fraction of sp³-hybridized carbons (Fsp3) is 0.333. The molecule has 1 aromatic carbocycles. The number of nitrogens with zero attached hydrogens (tertiary/aromatic N) is 2. The molecular formula is C9H12N2O6. The van der Waals surface area contributed by atoms with E-state index in [0.29, 0.717) is 5.92 Å².